The number of pyridine rings is 1. The first-order chi connectivity index (χ1) is 11.1. The first-order valence-electron chi connectivity index (χ1n) is 7.67. The Bertz CT molecular complexity index is 701. The molecule has 0 saturated carbocycles. The average Bonchev–Trinajstić information content (AvgIpc) is 3.00. The number of carbonyl (C=O) groups excluding carboxylic acids is 1. The molecule has 1 amide bonds. The molecular formula is C16H20FN5O. The first-order valence-corrected chi connectivity index (χ1v) is 7.67. The standard InChI is InChI=1S/C16H20FN5O/c1-20-10-12(9-19-20)16(23)21(2)13-5-4-8-22(11-13)15-14(17)6-3-7-18-15/h3,6-7,9-10,13H,4-5,8,11H2,1-2H3. The monoisotopic (exact) mass is 317 g/mol. The molecule has 3 heterocycles. The maximum absolute atomic E-state index is 13.9. The lowest BCUT2D eigenvalue weighted by Gasteiger charge is -2.38. The number of aryl methyl sites for hydroxylation is 1. The Labute approximate surface area is 134 Å². The molecule has 0 N–H and O–H groups in total. The van der Waals surface area contributed by atoms with Crippen molar-refractivity contribution in [2.75, 3.05) is 25.0 Å². The molecule has 2 aromatic heterocycles. The van der Waals surface area contributed by atoms with Crippen molar-refractivity contribution in [3.05, 3.63) is 42.1 Å². The van der Waals surface area contributed by atoms with Gasteiger partial charge in [0.15, 0.2) is 11.6 Å². The quantitative estimate of drug-likeness (QED) is 0.864. The van der Waals surface area contributed by atoms with Gasteiger partial charge in [0.1, 0.15) is 0 Å². The van der Waals surface area contributed by atoms with Gasteiger partial charge in [-0.15, -0.1) is 0 Å². The van der Waals surface area contributed by atoms with Gasteiger partial charge in [-0.1, -0.05) is 0 Å². The number of hydrogen-bond acceptors (Lipinski definition) is 4. The van der Waals surface area contributed by atoms with Gasteiger partial charge in [0.2, 0.25) is 0 Å². The highest BCUT2D eigenvalue weighted by Gasteiger charge is 2.28. The number of aromatic nitrogens is 3. The predicted octanol–water partition coefficient (Wildman–Crippen LogP) is 1.70. The van der Waals surface area contributed by atoms with Gasteiger partial charge >= 0.3 is 0 Å². The highest BCUT2D eigenvalue weighted by Crippen LogP contribution is 2.23. The van der Waals surface area contributed by atoms with E-state index in [2.05, 4.69) is 10.1 Å². The van der Waals surface area contributed by atoms with Crippen LogP contribution in [0.4, 0.5) is 10.2 Å². The number of halogens is 1. The van der Waals surface area contributed by atoms with Gasteiger partial charge in [0.25, 0.3) is 5.91 Å². The molecule has 1 aliphatic heterocycles. The van der Waals surface area contributed by atoms with E-state index in [-0.39, 0.29) is 17.8 Å². The van der Waals surface area contributed by atoms with Crippen molar-refractivity contribution in [1.29, 1.82) is 0 Å². The zero-order chi connectivity index (χ0) is 16.4. The minimum Gasteiger partial charge on any atom is -0.352 e. The number of amides is 1. The fraction of sp³-hybridized carbons (Fsp3) is 0.438. The molecule has 3 rings (SSSR count). The van der Waals surface area contributed by atoms with Crippen molar-refractivity contribution < 1.29 is 9.18 Å². The number of anilines is 1. The smallest absolute Gasteiger partial charge is 0.257 e. The molecule has 6 nitrogen and oxygen atoms in total. The zero-order valence-corrected chi connectivity index (χ0v) is 13.3. The lowest BCUT2D eigenvalue weighted by molar-refractivity contribution is 0.0717. The van der Waals surface area contributed by atoms with Crippen molar-refractivity contribution in [2.45, 2.75) is 18.9 Å². The third kappa shape index (κ3) is 3.18. The molecule has 1 unspecified atom stereocenters. The number of hydrogen-bond donors (Lipinski definition) is 0. The second kappa shape index (κ2) is 6.36. The molecule has 1 atom stereocenters. The molecule has 7 heteroatoms. The van der Waals surface area contributed by atoms with Crippen LogP contribution in [0, 0.1) is 5.82 Å². The van der Waals surface area contributed by atoms with Crippen LogP contribution in [-0.4, -0.2) is 51.8 Å². The molecule has 1 saturated heterocycles. The van der Waals surface area contributed by atoms with Gasteiger partial charge in [-0.05, 0) is 25.0 Å². The van der Waals surface area contributed by atoms with E-state index in [4.69, 9.17) is 0 Å². The molecule has 0 spiro atoms. The van der Waals surface area contributed by atoms with Gasteiger partial charge in [-0.2, -0.15) is 5.10 Å². The Morgan fingerprint density at radius 1 is 1.48 bits per heavy atom. The van der Waals surface area contributed by atoms with Crippen molar-refractivity contribution in [3.63, 3.8) is 0 Å². The van der Waals surface area contributed by atoms with Crippen LogP contribution in [0.25, 0.3) is 0 Å². The van der Waals surface area contributed by atoms with Gasteiger partial charge in [-0.3, -0.25) is 9.48 Å². The summed E-state index contributed by atoms with van der Waals surface area (Å²) in [5.41, 5.74) is 0.566. The van der Waals surface area contributed by atoms with E-state index < -0.39 is 0 Å². The van der Waals surface area contributed by atoms with Crippen LogP contribution in [0.3, 0.4) is 0 Å². The minimum absolute atomic E-state index is 0.0258. The Balaban J connectivity index is 1.73. The van der Waals surface area contributed by atoms with Gasteiger partial charge in [0.05, 0.1) is 11.8 Å². The van der Waals surface area contributed by atoms with Crippen molar-refractivity contribution >= 4 is 11.7 Å². The summed E-state index contributed by atoms with van der Waals surface area (Å²) < 4.78 is 15.5. The maximum atomic E-state index is 13.9. The van der Waals surface area contributed by atoms with E-state index in [1.165, 1.54) is 6.07 Å². The summed E-state index contributed by atoms with van der Waals surface area (Å²) in [5, 5.41) is 4.04. The molecular weight excluding hydrogens is 297 g/mol. The molecule has 23 heavy (non-hydrogen) atoms. The van der Waals surface area contributed by atoms with Crippen LogP contribution in [0.5, 0.6) is 0 Å². The summed E-state index contributed by atoms with van der Waals surface area (Å²) in [5.74, 6) is -0.0275. The van der Waals surface area contributed by atoms with Crippen LogP contribution in [-0.2, 0) is 7.05 Å². The van der Waals surface area contributed by atoms with Crippen LogP contribution in [0.2, 0.25) is 0 Å². The molecule has 0 aliphatic carbocycles. The van der Waals surface area contributed by atoms with Crippen molar-refractivity contribution in [3.8, 4) is 0 Å². The van der Waals surface area contributed by atoms with Crippen LogP contribution in [0.15, 0.2) is 30.7 Å². The van der Waals surface area contributed by atoms with E-state index in [0.717, 1.165) is 19.4 Å². The molecule has 122 valence electrons. The number of likely N-dealkylation sites (N-methyl/N-ethyl adjacent to an activating group) is 1. The molecule has 1 fully saturated rings. The number of rotatable bonds is 3. The lowest BCUT2D eigenvalue weighted by Crippen LogP contribution is -2.49. The van der Waals surface area contributed by atoms with Crippen LogP contribution in [0.1, 0.15) is 23.2 Å². The highest BCUT2D eigenvalue weighted by atomic mass is 19.1. The second-order valence-corrected chi connectivity index (χ2v) is 5.87. The number of nitrogens with zero attached hydrogens (tertiary/aromatic N) is 5. The number of carbonyl (C=O) groups is 1. The fourth-order valence-corrected chi connectivity index (χ4v) is 2.97. The van der Waals surface area contributed by atoms with E-state index in [0.29, 0.717) is 17.9 Å². The molecule has 0 aromatic carbocycles. The molecule has 0 bridgehead atoms. The fourth-order valence-electron chi connectivity index (χ4n) is 2.97. The molecule has 2 aromatic rings. The predicted molar refractivity (Wildman–Crippen MR) is 84.7 cm³/mol. The zero-order valence-electron chi connectivity index (χ0n) is 13.3. The van der Waals surface area contributed by atoms with Crippen LogP contribution < -0.4 is 4.90 Å². The third-order valence-electron chi connectivity index (χ3n) is 4.25. The number of piperidine rings is 1. The summed E-state index contributed by atoms with van der Waals surface area (Å²) in [6.45, 7) is 1.33. The first kappa shape index (κ1) is 15.5. The van der Waals surface area contributed by atoms with Gasteiger partial charge in [0, 0.05) is 45.6 Å². The third-order valence-corrected chi connectivity index (χ3v) is 4.25. The highest BCUT2D eigenvalue weighted by molar-refractivity contribution is 5.93. The van der Waals surface area contributed by atoms with E-state index in [1.54, 1.807) is 48.3 Å². The topological polar surface area (TPSA) is 54.3 Å². The van der Waals surface area contributed by atoms with E-state index in [9.17, 15) is 9.18 Å². The normalized spacial score (nSPS) is 18.0. The van der Waals surface area contributed by atoms with Crippen LogP contribution >= 0.6 is 0 Å². The lowest BCUT2D eigenvalue weighted by atomic mass is 10.0. The van der Waals surface area contributed by atoms with Crippen molar-refractivity contribution in [1.82, 2.24) is 19.7 Å². The van der Waals surface area contributed by atoms with Crippen molar-refractivity contribution in [2.24, 2.45) is 7.05 Å². The largest absolute Gasteiger partial charge is 0.352 e. The Hall–Kier alpha value is -2.44. The minimum atomic E-state index is -0.325. The molecule has 1 aliphatic rings. The summed E-state index contributed by atoms with van der Waals surface area (Å²) in [6.07, 6.45) is 6.65. The van der Waals surface area contributed by atoms with E-state index in [1.807, 2.05) is 4.90 Å². The summed E-state index contributed by atoms with van der Waals surface area (Å²) in [7, 11) is 3.57. The second-order valence-electron chi connectivity index (χ2n) is 5.87. The SMILES string of the molecule is CN(C(=O)c1cnn(C)c1)C1CCCN(c2ncccc2F)C1. The van der Waals surface area contributed by atoms with Gasteiger partial charge < -0.3 is 9.80 Å². The Morgan fingerprint density at radius 2 is 2.30 bits per heavy atom. The Morgan fingerprint density at radius 3 is 3.00 bits per heavy atom. The summed E-state index contributed by atoms with van der Waals surface area (Å²) in [6, 6.07) is 3.02. The summed E-state index contributed by atoms with van der Waals surface area (Å²) in [4.78, 5) is 20.3. The average molecular weight is 317 g/mol. The molecule has 0 radical (unpaired) electrons. The van der Waals surface area contributed by atoms with Gasteiger partial charge in [-0.25, -0.2) is 9.37 Å². The maximum Gasteiger partial charge on any atom is 0.257 e. The Kier molecular flexibility index (Phi) is 4.27. The summed E-state index contributed by atoms with van der Waals surface area (Å²) >= 11 is 0. The van der Waals surface area contributed by atoms with E-state index >= 15 is 0 Å².